The van der Waals surface area contributed by atoms with Gasteiger partial charge >= 0.3 is 12.3 Å². The van der Waals surface area contributed by atoms with Crippen LogP contribution < -0.4 is 14.2 Å². The van der Waals surface area contributed by atoms with E-state index in [1.54, 1.807) is 43.1 Å². The zero-order chi connectivity index (χ0) is 28.8. The number of methoxy groups -OCH3 is 1. The molecule has 0 saturated heterocycles. The number of carbonyl (C=O) groups excluding carboxylic acids is 3. The number of thioether (sulfide) groups is 1. The van der Waals surface area contributed by atoms with Crippen molar-refractivity contribution in [2.75, 3.05) is 19.5 Å². The number of rotatable bonds is 12. The molecule has 208 valence electrons. The molecule has 0 aromatic heterocycles. The van der Waals surface area contributed by atoms with Crippen molar-refractivity contribution in [3.05, 3.63) is 83.4 Å². The Kier molecular flexibility index (Phi) is 12.6. The van der Waals surface area contributed by atoms with Crippen molar-refractivity contribution >= 4 is 23.7 Å². The Labute approximate surface area is 229 Å². The molecule has 0 aliphatic rings. The van der Waals surface area contributed by atoms with Gasteiger partial charge in [0, 0.05) is 22.6 Å². The number of Topliss-reactive ketones (excluding diaryl/α,β-unsaturated/α-hetero) is 1. The highest BCUT2D eigenvalue weighted by Crippen LogP contribution is 2.31. The molecule has 0 saturated carbocycles. The lowest BCUT2D eigenvalue weighted by Crippen LogP contribution is -2.27. The van der Waals surface area contributed by atoms with E-state index in [-0.39, 0.29) is 18.5 Å². The van der Waals surface area contributed by atoms with Crippen LogP contribution in [0.3, 0.4) is 0 Å². The predicted octanol–water partition coefficient (Wildman–Crippen LogP) is 7.04. The van der Waals surface area contributed by atoms with Crippen LogP contribution in [0.1, 0.15) is 41.3 Å². The van der Waals surface area contributed by atoms with E-state index in [1.165, 1.54) is 12.1 Å². The van der Waals surface area contributed by atoms with E-state index in [9.17, 15) is 18.0 Å². The summed E-state index contributed by atoms with van der Waals surface area (Å²) in [6, 6.07) is 17.4. The number of ether oxygens (including phenoxy) is 3. The molecule has 3 rings (SSSR count). The van der Waals surface area contributed by atoms with Gasteiger partial charge in [-0.2, -0.15) is 22.8 Å². The minimum Gasteiger partial charge on any atom is -0.496 e. The molecular formula is C29H29F3O6S. The van der Waals surface area contributed by atoms with E-state index in [2.05, 4.69) is 0 Å². The minimum absolute atomic E-state index is 0.0802. The molecular weight excluding hydrogens is 533 g/mol. The summed E-state index contributed by atoms with van der Waals surface area (Å²) in [5.41, 5.74) is 0.906. The molecule has 0 spiro atoms. The van der Waals surface area contributed by atoms with Crippen LogP contribution in [0.2, 0.25) is 0 Å². The first-order valence-electron chi connectivity index (χ1n) is 12.0. The molecule has 1 unspecified atom stereocenters. The van der Waals surface area contributed by atoms with Gasteiger partial charge in [-0.25, -0.2) is 0 Å². The molecule has 0 aliphatic carbocycles. The van der Waals surface area contributed by atoms with Crippen molar-refractivity contribution < 1.29 is 41.8 Å². The molecule has 3 aromatic rings. The Morgan fingerprint density at radius 2 is 1.59 bits per heavy atom. The van der Waals surface area contributed by atoms with Crippen molar-refractivity contribution in [2.45, 2.75) is 43.9 Å². The van der Waals surface area contributed by atoms with Gasteiger partial charge in [0.2, 0.25) is 0 Å². The maximum Gasteiger partial charge on any atom is 0.416 e. The summed E-state index contributed by atoms with van der Waals surface area (Å²) < 4.78 is 55.8. The fourth-order valence-electron chi connectivity index (χ4n) is 3.46. The van der Waals surface area contributed by atoms with Gasteiger partial charge in [-0.1, -0.05) is 6.92 Å². The monoisotopic (exact) mass is 562 g/mol. The number of ketones is 1. The van der Waals surface area contributed by atoms with Gasteiger partial charge in [-0.05, 0) is 85.6 Å². The summed E-state index contributed by atoms with van der Waals surface area (Å²) in [4.78, 5) is 29.4. The average molecular weight is 563 g/mol. The van der Waals surface area contributed by atoms with E-state index in [1.807, 2.05) is 32.0 Å². The quantitative estimate of drug-likeness (QED) is 0.173. The van der Waals surface area contributed by atoms with Crippen LogP contribution in [0.25, 0.3) is 0 Å². The fourth-order valence-corrected chi connectivity index (χ4v) is 4.43. The second-order valence-corrected chi connectivity index (χ2v) is 9.39. The van der Waals surface area contributed by atoms with Gasteiger partial charge in [-0.15, -0.1) is 11.8 Å². The Morgan fingerprint density at radius 1 is 0.974 bits per heavy atom. The molecule has 0 amide bonds. The van der Waals surface area contributed by atoms with Gasteiger partial charge in [-0.3, -0.25) is 4.79 Å². The van der Waals surface area contributed by atoms with Crippen LogP contribution in [0, 0.1) is 6.92 Å². The predicted molar refractivity (Wildman–Crippen MR) is 140 cm³/mol. The third-order valence-corrected chi connectivity index (χ3v) is 6.50. The average Bonchev–Trinajstić information content (AvgIpc) is 2.91. The Hall–Kier alpha value is -3.75. The highest BCUT2D eigenvalue weighted by molar-refractivity contribution is 7.99. The third kappa shape index (κ3) is 10.5. The molecule has 0 N–H and O–H groups in total. The van der Waals surface area contributed by atoms with E-state index in [0.717, 1.165) is 34.8 Å². The van der Waals surface area contributed by atoms with Crippen LogP contribution >= 0.6 is 11.8 Å². The molecule has 0 aliphatic heterocycles. The van der Waals surface area contributed by atoms with Crippen molar-refractivity contribution in [3.63, 3.8) is 0 Å². The van der Waals surface area contributed by atoms with Crippen molar-refractivity contribution in [1.82, 2.24) is 0 Å². The lowest BCUT2D eigenvalue weighted by Gasteiger charge is -2.20. The standard InChI is InChI=1S/C28H29F3O4S.CO2/c1-4-5-26(32)20-6-10-23(11-7-20)35-24(18-36-25-14-15-27(33-3)19(2)16-25)17-34-22-12-8-21(9-13-22)28(29,30)31;2-1-3/h6-16,24H,4-5,17-18H2,1-3H3;. The van der Waals surface area contributed by atoms with E-state index in [0.29, 0.717) is 29.2 Å². The first-order valence-corrected chi connectivity index (χ1v) is 13.0. The van der Waals surface area contributed by atoms with Crippen molar-refractivity contribution in [3.8, 4) is 17.2 Å². The van der Waals surface area contributed by atoms with Crippen molar-refractivity contribution in [2.24, 2.45) is 0 Å². The first-order chi connectivity index (χ1) is 18.6. The summed E-state index contributed by atoms with van der Waals surface area (Å²) in [7, 11) is 1.62. The van der Waals surface area contributed by atoms with Crippen LogP contribution in [0.4, 0.5) is 13.2 Å². The minimum atomic E-state index is -4.40. The molecule has 39 heavy (non-hydrogen) atoms. The SMILES string of the molecule is CCCC(=O)c1ccc(OC(COc2ccc(C(F)(F)F)cc2)CSc2ccc(OC)c(C)c2)cc1.O=C=O. The Bertz CT molecular complexity index is 1220. The van der Waals surface area contributed by atoms with Gasteiger partial charge < -0.3 is 14.2 Å². The molecule has 6 nitrogen and oxygen atoms in total. The summed E-state index contributed by atoms with van der Waals surface area (Å²) in [5, 5.41) is 0. The van der Waals surface area contributed by atoms with E-state index in [4.69, 9.17) is 23.8 Å². The molecule has 10 heteroatoms. The topological polar surface area (TPSA) is 78.9 Å². The van der Waals surface area contributed by atoms with Crippen LogP contribution in [-0.2, 0) is 15.8 Å². The number of aryl methyl sites for hydroxylation is 1. The lowest BCUT2D eigenvalue weighted by molar-refractivity contribution is -0.191. The van der Waals surface area contributed by atoms with Gasteiger partial charge in [0.05, 0.1) is 12.7 Å². The highest BCUT2D eigenvalue weighted by atomic mass is 32.2. The first kappa shape index (κ1) is 31.5. The zero-order valence-electron chi connectivity index (χ0n) is 21.7. The second-order valence-electron chi connectivity index (χ2n) is 8.30. The van der Waals surface area contributed by atoms with Crippen molar-refractivity contribution in [1.29, 1.82) is 0 Å². The maximum atomic E-state index is 12.8. The molecule has 0 radical (unpaired) electrons. The van der Waals surface area contributed by atoms with Gasteiger partial charge in [0.1, 0.15) is 30.0 Å². The summed E-state index contributed by atoms with van der Waals surface area (Å²) in [5.74, 6) is 2.31. The number of hydrogen-bond donors (Lipinski definition) is 0. The normalized spacial score (nSPS) is 11.4. The fraction of sp³-hybridized carbons (Fsp3) is 0.310. The number of hydrogen-bond acceptors (Lipinski definition) is 7. The third-order valence-electron chi connectivity index (χ3n) is 5.38. The summed E-state index contributed by atoms with van der Waals surface area (Å²) >= 11 is 1.57. The molecule has 3 aromatic carbocycles. The van der Waals surface area contributed by atoms with E-state index < -0.39 is 17.8 Å². The number of alkyl halides is 3. The molecule has 0 bridgehead atoms. The van der Waals surface area contributed by atoms with Crippen LogP contribution in [-0.4, -0.2) is 37.5 Å². The number of benzene rings is 3. The lowest BCUT2D eigenvalue weighted by atomic mass is 10.1. The smallest absolute Gasteiger partial charge is 0.416 e. The summed E-state index contributed by atoms with van der Waals surface area (Å²) in [6.07, 6.45) is -3.29. The van der Waals surface area contributed by atoms with Gasteiger partial charge in [0.15, 0.2) is 5.78 Å². The highest BCUT2D eigenvalue weighted by Gasteiger charge is 2.30. The maximum absolute atomic E-state index is 12.8. The molecule has 0 fully saturated rings. The zero-order valence-corrected chi connectivity index (χ0v) is 22.6. The van der Waals surface area contributed by atoms with Gasteiger partial charge in [0.25, 0.3) is 0 Å². The van der Waals surface area contributed by atoms with Crippen LogP contribution in [0.5, 0.6) is 17.2 Å². The van der Waals surface area contributed by atoms with E-state index >= 15 is 0 Å². The number of carbonyl (C=O) groups is 1. The van der Waals surface area contributed by atoms with Crippen LogP contribution in [0.15, 0.2) is 71.6 Å². The molecule has 1 atom stereocenters. The summed E-state index contributed by atoms with van der Waals surface area (Å²) in [6.45, 7) is 4.05. The number of halogens is 3. The second kappa shape index (κ2) is 15.6. The Morgan fingerprint density at radius 3 is 2.13 bits per heavy atom. The Balaban J connectivity index is 0.00000170. The largest absolute Gasteiger partial charge is 0.496 e. The molecule has 0 heterocycles.